The molecule has 0 aromatic heterocycles. The number of aliphatic imine (C=N–C) groups is 1. The predicted octanol–water partition coefficient (Wildman–Crippen LogP) is 1.71. The van der Waals surface area contributed by atoms with Gasteiger partial charge in [-0.3, -0.25) is 14.7 Å². The summed E-state index contributed by atoms with van der Waals surface area (Å²) in [4.78, 5) is 23.1. The molecule has 1 saturated heterocycles. The largest absolute Gasteiger partial charge is 0.350 e. The molecule has 0 aromatic carbocycles. The fourth-order valence-corrected chi connectivity index (χ4v) is 2.88. The molecule has 0 unspecified atom stereocenters. The van der Waals surface area contributed by atoms with Gasteiger partial charge >= 0.3 is 0 Å². The van der Waals surface area contributed by atoms with Crippen molar-refractivity contribution in [3.05, 3.63) is 0 Å². The number of amides is 1. The van der Waals surface area contributed by atoms with Crippen LogP contribution in [-0.4, -0.2) is 86.5 Å². The molecule has 1 fully saturated rings. The molecule has 142 valence electrons. The Hall–Kier alpha value is -0.570. The monoisotopic (exact) mass is 453 g/mol. The molecular formula is C17H36IN5O. The molecule has 1 amide bonds. The second-order valence-corrected chi connectivity index (χ2v) is 7.95. The Morgan fingerprint density at radius 3 is 2.04 bits per heavy atom. The maximum atomic E-state index is 12.0. The van der Waals surface area contributed by atoms with Gasteiger partial charge in [-0.15, -0.1) is 24.0 Å². The number of halogens is 1. The van der Waals surface area contributed by atoms with E-state index in [9.17, 15) is 4.79 Å². The fraction of sp³-hybridized carbons (Fsp3) is 0.882. The Morgan fingerprint density at radius 1 is 1.12 bits per heavy atom. The van der Waals surface area contributed by atoms with E-state index < -0.39 is 0 Å². The summed E-state index contributed by atoms with van der Waals surface area (Å²) in [5.74, 6) is 1.75. The molecule has 1 aliphatic heterocycles. The number of piperidine rings is 1. The van der Waals surface area contributed by atoms with E-state index in [1.807, 2.05) is 58.8 Å². The zero-order valence-corrected chi connectivity index (χ0v) is 18.8. The predicted molar refractivity (Wildman–Crippen MR) is 112 cm³/mol. The molecule has 0 atom stereocenters. The van der Waals surface area contributed by atoms with Crippen LogP contribution in [0.4, 0.5) is 0 Å². The van der Waals surface area contributed by atoms with Crippen molar-refractivity contribution in [1.82, 2.24) is 20.0 Å². The topological polar surface area (TPSA) is 51.2 Å². The van der Waals surface area contributed by atoms with Gasteiger partial charge in [-0.1, -0.05) is 0 Å². The quantitative estimate of drug-likeness (QED) is 0.400. The van der Waals surface area contributed by atoms with Gasteiger partial charge in [0.2, 0.25) is 5.91 Å². The van der Waals surface area contributed by atoms with E-state index in [1.165, 1.54) is 0 Å². The average molecular weight is 453 g/mol. The number of hydrogen-bond acceptors (Lipinski definition) is 3. The lowest BCUT2D eigenvalue weighted by molar-refractivity contribution is -0.124. The van der Waals surface area contributed by atoms with Crippen LogP contribution < -0.4 is 5.32 Å². The van der Waals surface area contributed by atoms with Crippen molar-refractivity contribution in [2.75, 3.05) is 54.4 Å². The minimum atomic E-state index is -0.154. The molecule has 0 spiro atoms. The maximum Gasteiger partial charge on any atom is 0.234 e. The highest BCUT2D eigenvalue weighted by molar-refractivity contribution is 14.0. The molecule has 6 nitrogen and oxygen atoms in total. The summed E-state index contributed by atoms with van der Waals surface area (Å²) in [5.41, 5.74) is -0.154. The number of nitrogens with one attached hydrogen (secondary N) is 1. The van der Waals surface area contributed by atoms with Crippen LogP contribution in [0.25, 0.3) is 0 Å². The first-order chi connectivity index (χ1) is 10.6. The Bertz CT molecular complexity index is 400. The minimum absolute atomic E-state index is 0. The van der Waals surface area contributed by atoms with Crippen molar-refractivity contribution < 1.29 is 4.79 Å². The van der Waals surface area contributed by atoms with Crippen LogP contribution in [0.1, 0.15) is 33.6 Å². The van der Waals surface area contributed by atoms with E-state index in [0.29, 0.717) is 12.5 Å². The summed E-state index contributed by atoms with van der Waals surface area (Å²) in [5, 5.41) is 3.03. The first-order valence-electron chi connectivity index (χ1n) is 8.51. The molecule has 0 bridgehead atoms. The van der Waals surface area contributed by atoms with E-state index in [1.54, 1.807) is 0 Å². The summed E-state index contributed by atoms with van der Waals surface area (Å²) in [7, 11) is 8.09. The van der Waals surface area contributed by atoms with E-state index in [0.717, 1.165) is 38.4 Å². The van der Waals surface area contributed by atoms with Crippen LogP contribution in [0.2, 0.25) is 0 Å². The van der Waals surface area contributed by atoms with Crippen molar-refractivity contribution in [2.45, 2.75) is 39.2 Å². The summed E-state index contributed by atoms with van der Waals surface area (Å²) < 4.78 is 0. The highest BCUT2D eigenvalue weighted by atomic mass is 127. The Kier molecular flexibility index (Phi) is 10.2. The third-order valence-electron chi connectivity index (χ3n) is 3.88. The molecule has 1 rings (SSSR count). The van der Waals surface area contributed by atoms with Gasteiger partial charge in [-0.05, 0) is 52.6 Å². The standard InChI is InChI=1S/C17H35N5O.HI/c1-17(2,3)19-15(23)13-22-10-8-14(9-11-22)12-18-16(20(4)5)21(6)7;/h14H,8-13H2,1-7H3,(H,19,23);1H. The molecular weight excluding hydrogens is 417 g/mol. The second-order valence-electron chi connectivity index (χ2n) is 7.95. The van der Waals surface area contributed by atoms with Crippen molar-refractivity contribution >= 4 is 35.8 Å². The zero-order chi connectivity index (χ0) is 17.6. The number of carbonyl (C=O) groups is 1. The smallest absolute Gasteiger partial charge is 0.234 e. The van der Waals surface area contributed by atoms with Crippen LogP contribution in [0.3, 0.4) is 0 Å². The lowest BCUT2D eigenvalue weighted by Gasteiger charge is -2.32. The maximum absolute atomic E-state index is 12.0. The van der Waals surface area contributed by atoms with Crippen molar-refractivity contribution in [1.29, 1.82) is 0 Å². The lowest BCUT2D eigenvalue weighted by Crippen LogP contribution is -2.47. The normalized spacial score (nSPS) is 16.1. The molecule has 1 heterocycles. The molecule has 24 heavy (non-hydrogen) atoms. The Labute approximate surface area is 165 Å². The summed E-state index contributed by atoms with van der Waals surface area (Å²) in [6.07, 6.45) is 2.22. The van der Waals surface area contributed by atoms with Gasteiger partial charge < -0.3 is 15.1 Å². The Balaban J connectivity index is 0.00000529. The molecule has 0 saturated carbocycles. The van der Waals surface area contributed by atoms with Gasteiger partial charge in [0.1, 0.15) is 0 Å². The number of hydrogen-bond donors (Lipinski definition) is 1. The van der Waals surface area contributed by atoms with Crippen LogP contribution in [0, 0.1) is 5.92 Å². The number of likely N-dealkylation sites (tertiary alicyclic amines) is 1. The molecule has 1 aliphatic rings. The van der Waals surface area contributed by atoms with Gasteiger partial charge in [0.05, 0.1) is 6.54 Å². The Morgan fingerprint density at radius 2 is 1.62 bits per heavy atom. The van der Waals surface area contributed by atoms with Crippen LogP contribution in [0.5, 0.6) is 0 Å². The van der Waals surface area contributed by atoms with E-state index in [4.69, 9.17) is 4.99 Å². The van der Waals surface area contributed by atoms with Gasteiger partial charge in [-0.2, -0.15) is 0 Å². The lowest BCUT2D eigenvalue weighted by atomic mass is 9.97. The van der Waals surface area contributed by atoms with Crippen molar-refractivity contribution in [3.63, 3.8) is 0 Å². The number of guanidine groups is 1. The van der Waals surface area contributed by atoms with Crippen molar-refractivity contribution in [2.24, 2.45) is 10.9 Å². The van der Waals surface area contributed by atoms with Crippen LogP contribution in [-0.2, 0) is 4.79 Å². The minimum Gasteiger partial charge on any atom is -0.350 e. The van der Waals surface area contributed by atoms with E-state index in [2.05, 4.69) is 10.2 Å². The van der Waals surface area contributed by atoms with Gasteiger partial charge in [0.25, 0.3) is 0 Å². The highest BCUT2D eigenvalue weighted by Crippen LogP contribution is 2.17. The second kappa shape index (κ2) is 10.4. The first-order valence-corrected chi connectivity index (χ1v) is 8.51. The highest BCUT2D eigenvalue weighted by Gasteiger charge is 2.22. The third kappa shape index (κ3) is 9.05. The first kappa shape index (κ1) is 23.4. The number of carbonyl (C=O) groups excluding carboxylic acids is 1. The summed E-state index contributed by atoms with van der Waals surface area (Å²) >= 11 is 0. The van der Waals surface area contributed by atoms with E-state index in [-0.39, 0.29) is 35.4 Å². The van der Waals surface area contributed by atoms with Crippen LogP contribution in [0.15, 0.2) is 4.99 Å². The molecule has 0 radical (unpaired) electrons. The number of rotatable bonds is 4. The fourth-order valence-electron chi connectivity index (χ4n) is 2.88. The molecule has 0 aromatic rings. The summed E-state index contributed by atoms with van der Waals surface area (Å²) in [6, 6.07) is 0. The third-order valence-corrected chi connectivity index (χ3v) is 3.88. The SMILES string of the molecule is CN(C)C(=NCC1CCN(CC(=O)NC(C)(C)C)CC1)N(C)C.I. The zero-order valence-electron chi connectivity index (χ0n) is 16.4. The van der Waals surface area contributed by atoms with Crippen LogP contribution >= 0.6 is 24.0 Å². The summed E-state index contributed by atoms with van der Waals surface area (Å²) in [6.45, 7) is 9.39. The average Bonchev–Trinajstić information content (AvgIpc) is 2.37. The van der Waals surface area contributed by atoms with E-state index >= 15 is 0 Å². The van der Waals surface area contributed by atoms with Gasteiger partial charge in [-0.25, -0.2) is 0 Å². The van der Waals surface area contributed by atoms with Gasteiger partial charge in [0.15, 0.2) is 5.96 Å². The number of nitrogens with zero attached hydrogens (tertiary/aromatic N) is 4. The van der Waals surface area contributed by atoms with Gasteiger partial charge in [0, 0.05) is 40.3 Å². The molecule has 1 N–H and O–H groups in total. The molecule has 0 aliphatic carbocycles. The molecule has 7 heteroatoms. The van der Waals surface area contributed by atoms with Crippen molar-refractivity contribution in [3.8, 4) is 0 Å².